The summed E-state index contributed by atoms with van der Waals surface area (Å²) in [5.74, 6) is 0.812. The lowest BCUT2D eigenvalue weighted by Crippen LogP contribution is -2.49. The van der Waals surface area contributed by atoms with Gasteiger partial charge >= 0.3 is 0 Å². The van der Waals surface area contributed by atoms with Gasteiger partial charge in [-0.15, -0.1) is 11.8 Å². The van der Waals surface area contributed by atoms with Crippen LogP contribution in [0.3, 0.4) is 0 Å². The van der Waals surface area contributed by atoms with E-state index in [1.165, 1.54) is 11.1 Å². The monoisotopic (exact) mass is 480 g/mol. The van der Waals surface area contributed by atoms with Gasteiger partial charge in [-0.05, 0) is 43.0 Å². The van der Waals surface area contributed by atoms with Crippen LogP contribution in [-0.4, -0.2) is 35.1 Å². The summed E-state index contributed by atoms with van der Waals surface area (Å²) < 4.78 is 0. The number of halogens is 2. The van der Waals surface area contributed by atoms with Crippen molar-refractivity contribution in [2.24, 2.45) is 0 Å². The number of thioether (sulfide) groups is 1. The van der Waals surface area contributed by atoms with Gasteiger partial charge in [0.05, 0.1) is 5.75 Å². The summed E-state index contributed by atoms with van der Waals surface area (Å²) in [5.41, 5.74) is 3.14. The van der Waals surface area contributed by atoms with Crippen molar-refractivity contribution in [2.75, 3.05) is 12.3 Å². The molecule has 0 aliphatic heterocycles. The highest BCUT2D eigenvalue weighted by atomic mass is 35.5. The fourth-order valence-electron chi connectivity index (χ4n) is 3.26. The third kappa shape index (κ3) is 8.06. The van der Waals surface area contributed by atoms with Crippen LogP contribution >= 0.6 is 35.0 Å². The minimum absolute atomic E-state index is 0.0813. The van der Waals surface area contributed by atoms with Crippen LogP contribution in [0.4, 0.5) is 0 Å². The molecule has 31 heavy (non-hydrogen) atoms. The zero-order valence-corrected chi connectivity index (χ0v) is 20.6. The molecule has 0 bridgehead atoms. The fraction of sp³-hybridized carbons (Fsp3) is 0.417. The number of rotatable bonds is 11. The van der Waals surface area contributed by atoms with Gasteiger partial charge in [0.2, 0.25) is 11.8 Å². The van der Waals surface area contributed by atoms with E-state index in [2.05, 4.69) is 30.4 Å². The molecule has 0 aliphatic carbocycles. The van der Waals surface area contributed by atoms with Crippen molar-refractivity contribution in [3.05, 3.63) is 69.2 Å². The summed E-state index contributed by atoms with van der Waals surface area (Å²) in [6, 6.07) is 12.9. The molecule has 0 aromatic heterocycles. The van der Waals surface area contributed by atoms with E-state index < -0.39 is 6.04 Å². The molecule has 0 spiro atoms. The van der Waals surface area contributed by atoms with Crippen molar-refractivity contribution < 1.29 is 9.59 Å². The minimum atomic E-state index is -0.551. The van der Waals surface area contributed by atoms with Crippen LogP contribution in [0, 0.1) is 6.92 Å². The third-order valence-corrected chi connectivity index (χ3v) is 6.44. The highest BCUT2D eigenvalue weighted by Gasteiger charge is 2.28. The maximum atomic E-state index is 13.2. The number of nitrogens with one attached hydrogen (secondary N) is 1. The van der Waals surface area contributed by atoms with E-state index in [1.807, 2.05) is 26.0 Å². The van der Waals surface area contributed by atoms with Crippen molar-refractivity contribution >= 4 is 46.8 Å². The first-order valence-corrected chi connectivity index (χ1v) is 12.4. The molecule has 2 rings (SSSR count). The predicted molar refractivity (Wildman–Crippen MR) is 132 cm³/mol. The molecule has 0 fully saturated rings. The zero-order valence-electron chi connectivity index (χ0n) is 18.3. The Morgan fingerprint density at radius 1 is 1.13 bits per heavy atom. The summed E-state index contributed by atoms with van der Waals surface area (Å²) in [7, 11) is 0. The fourth-order valence-corrected chi connectivity index (χ4v) is 4.59. The summed E-state index contributed by atoms with van der Waals surface area (Å²) in [4.78, 5) is 27.6. The average Bonchev–Trinajstić information content (AvgIpc) is 2.73. The van der Waals surface area contributed by atoms with E-state index in [-0.39, 0.29) is 24.1 Å². The summed E-state index contributed by atoms with van der Waals surface area (Å²) in [6.07, 6.45) is 1.36. The number of nitrogens with zero attached hydrogens (tertiary/aromatic N) is 1. The van der Waals surface area contributed by atoms with E-state index in [0.717, 1.165) is 17.7 Å². The van der Waals surface area contributed by atoms with Gasteiger partial charge in [0.25, 0.3) is 0 Å². The van der Waals surface area contributed by atoms with E-state index in [0.29, 0.717) is 23.0 Å². The highest BCUT2D eigenvalue weighted by Crippen LogP contribution is 2.24. The Morgan fingerprint density at radius 2 is 1.90 bits per heavy atom. The SMILES string of the molecule is CCCNC(=O)[C@@H](CC)N(Cc1ccc(Cl)cc1Cl)C(=O)CSCc1cccc(C)c1. The van der Waals surface area contributed by atoms with Crippen LogP contribution in [0.5, 0.6) is 0 Å². The topological polar surface area (TPSA) is 49.4 Å². The Labute approximate surface area is 199 Å². The summed E-state index contributed by atoms with van der Waals surface area (Å²) >= 11 is 13.9. The minimum Gasteiger partial charge on any atom is -0.354 e. The standard InChI is InChI=1S/C24H30Cl2N2O2S/c1-4-11-27-24(30)22(5-2)28(14-19-9-10-20(25)13-21(19)26)23(29)16-31-15-18-8-6-7-17(3)12-18/h6-10,12-13,22H,4-5,11,14-16H2,1-3H3,(H,27,30)/t22-/m1/s1. The lowest BCUT2D eigenvalue weighted by molar-refractivity contribution is -0.139. The van der Waals surface area contributed by atoms with Crippen molar-refractivity contribution in [3.63, 3.8) is 0 Å². The Bertz CT molecular complexity index is 892. The molecule has 7 heteroatoms. The molecule has 1 atom stereocenters. The first-order chi connectivity index (χ1) is 14.8. The first-order valence-electron chi connectivity index (χ1n) is 10.5. The largest absolute Gasteiger partial charge is 0.354 e. The first kappa shape index (κ1) is 25.6. The van der Waals surface area contributed by atoms with Crippen LogP contribution in [-0.2, 0) is 21.9 Å². The summed E-state index contributed by atoms with van der Waals surface area (Å²) in [6.45, 7) is 6.82. The smallest absolute Gasteiger partial charge is 0.242 e. The van der Waals surface area contributed by atoms with Crippen molar-refractivity contribution in [2.45, 2.75) is 52.0 Å². The van der Waals surface area contributed by atoms with Gasteiger partial charge in [0, 0.05) is 28.9 Å². The molecule has 168 valence electrons. The molecule has 0 heterocycles. The van der Waals surface area contributed by atoms with Gasteiger partial charge in [-0.1, -0.05) is 72.9 Å². The molecule has 0 unspecified atom stereocenters. The third-order valence-electron chi connectivity index (χ3n) is 4.87. The van der Waals surface area contributed by atoms with Gasteiger partial charge in [0.15, 0.2) is 0 Å². The normalized spacial score (nSPS) is 11.8. The highest BCUT2D eigenvalue weighted by molar-refractivity contribution is 7.99. The molecule has 1 N–H and O–H groups in total. The molecular formula is C24H30Cl2N2O2S. The molecule has 0 aliphatic rings. The molecule has 2 amide bonds. The van der Waals surface area contributed by atoms with Crippen LogP contribution < -0.4 is 5.32 Å². The molecule has 2 aromatic rings. The Morgan fingerprint density at radius 3 is 2.55 bits per heavy atom. The van der Waals surface area contributed by atoms with Crippen LogP contribution in [0.25, 0.3) is 0 Å². The Kier molecular flexibility index (Phi) is 10.7. The molecule has 0 saturated heterocycles. The van der Waals surface area contributed by atoms with Crippen LogP contribution in [0.1, 0.15) is 43.4 Å². The van der Waals surface area contributed by atoms with E-state index in [4.69, 9.17) is 23.2 Å². The number of benzene rings is 2. The maximum absolute atomic E-state index is 13.2. The Balaban J connectivity index is 2.16. The number of carbonyl (C=O) groups is 2. The zero-order chi connectivity index (χ0) is 22.8. The second-order valence-corrected chi connectivity index (χ2v) is 9.28. The average molecular weight is 481 g/mol. The van der Waals surface area contributed by atoms with Gasteiger partial charge in [-0.25, -0.2) is 0 Å². The van der Waals surface area contributed by atoms with E-state index in [9.17, 15) is 9.59 Å². The van der Waals surface area contributed by atoms with E-state index in [1.54, 1.807) is 28.8 Å². The van der Waals surface area contributed by atoms with E-state index >= 15 is 0 Å². The second kappa shape index (κ2) is 13.0. The number of hydrogen-bond acceptors (Lipinski definition) is 3. The van der Waals surface area contributed by atoms with Crippen molar-refractivity contribution in [3.8, 4) is 0 Å². The Hall–Kier alpha value is -1.69. The lowest BCUT2D eigenvalue weighted by atomic mass is 10.1. The molecular weight excluding hydrogens is 451 g/mol. The lowest BCUT2D eigenvalue weighted by Gasteiger charge is -2.31. The van der Waals surface area contributed by atoms with Gasteiger partial charge in [-0.2, -0.15) is 0 Å². The van der Waals surface area contributed by atoms with Crippen molar-refractivity contribution in [1.29, 1.82) is 0 Å². The number of amides is 2. The molecule has 4 nitrogen and oxygen atoms in total. The van der Waals surface area contributed by atoms with Gasteiger partial charge < -0.3 is 10.2 Å². The number of carbonyl (C=O) groups excluding carboxylic acids is 2. The predicted octanol–water partition coefficient (Wildman–Crippen LogP) is 5.87. The second-order valence-electron chi connectivity index (χ2n) is 7.45. The van der Waals surface area contributed by atoms with Gasteiger partial charge in [-0.3, -0.25) is 9.59 Å². The quantitative estimate of drug-likeness (QED) is 0.437. The van der Waals surface area contributed by atoms with Crippen molar-refractivity contribution in [1.82, 2.24) is 10.2 Å². The van der Waals surface area contributed by atoms with Gasteiger partial charge in [0.1, 0.15) is 6.04 Å². The summed E-state index contributed by atoms with van der Waals surface area (Å²) in [5, 5.41) is 3.95. The number of aryl methyl sites for hydroxylation is 1. The molecule has 0 radical (unpaired) electrons. The maximum Gasteiger partial charge on any atom is 0.242 e. The molecule has 2 aromatic carbocycles. The number of hydrogen-bond donors (Lipinski definition) is 1. The van der Waals surface area contributed by atoms with Crippen LogP contribution in [0.15, 0.2) is 42.5 Å². The molecule has 0 saturated carbocycles. The van der Waals surface area contributed by atoms with Crippen LogP contribution in [0.2, 0.25) is 10.0 Å².